The first-order valence-corrected chi connectivity index (χ1v) is 5.80. The molecule has 100 valence electrons. The van der Waals surface area contributed by atoms with E-state index in [1.807, 2.05) is 13.8 Å². The Morgan fingerprint density at radius 1 is 1.16 bits per heavy atom. The Labute approximate surface area is 110 Å². The van der Waals surface area contributed by atoms with E-state index in [0.29, 0.717) is 12.8 Å². The van der Waals surface area contributed by atoms with E-state index in [-0.39, 0.29) is 12.5 Å². The number of hydrogen-bond acceptors (Lipinski definition) is 6. The zero-order valence-electron chi connectivity index (χ0n) is 10.7. The van der Waals surface area contributed by atoms with Gasteiger partial charge in [-0.25, -0.2) is 4.98 Å². The van der Waals surface area contributed by atoms with Crippen LogP contribution in [0.2, 0.25) is 0 Å². The van der Waals surface area contributed by atoms with Crippen LogP contribution in [0, 0.1) is 11.3 Å². The maximum atomic E-state index is 11.4. The first kappa shape index (κ1) is 14.5. The fraction of sp³-hybridized carbons (Fsp3) is 0.455. The molecule has 1 aromatic heterocycles. The third-order valence-corrected chi connectivity index (χ3v) is 2.27. The van der Waals surface area contributed by atoms with Crippen LogP contribution in [0.5, 0.6) is 0 Å². The molecule has 0 unspecified atom stereocenters. The summed E-state index contributed by atoms with van der Waals surface area (Å²) in [6.07, 6.45) is 1.35. The van der Waals surface area contributed by atoms with Crippen LogP contribution in [0.15, 0.2) is 0 Å². The van der Waals surface area contributed by atoms with Gasteiger partial charge in [-0.1, -0.05) is 13.8 Å². The van der Waals surface area contributed by atoms with E-state index in [9.17, 15) is 9.59 Å². The van der Waals surface area contributed by atoms with Crippen LogP contribution in [0.25, 0.3) is 0 Å². The summed E-state index contributed by atoms with van der Waals surface area (Å²) in [5, 5.41) is 20.3. The summed E-state index contributed by atoms with van der Waals surface area (Å²) in [4.78, 5) is 26.8. The quantitative estimate of drug-likeness (QED) is 0.561. The molecule has 0 bridgehead atoms. The predicted molar refractivity (Wildman–Crippen MR) is 65.8 cm³/mol. The number of carbonyl (C=O) groups excluding carboxylic acids is 2. The zero-order chi connectivity index (χ0) is 14.3. The average Bonchev–Trinajstić information content (AvgIpc) is 2.44. The van der Waals surface area contributed by atoms with Crippen LogP contribution >= 0.6 is 0 Å². The fourth-order valence-corrected chi connectivity index (χ4v) is 1.35. The second kappa shape index (κ2) is 7.00. The Bertz CT molecular complexity index is 522. The lowest BCUT2D eigenvalue weighted by Crippen LogP contribution is -2.36. The number of nitrogens with zero attached hydrogens (tertiary/aromatic N) is 4. The van der Waals surface area contributed by atoms with Crippen LogP contribution in [0.4, 0.5) is 5.95 Å². The number of amides is 2. The van der Waals surface area contributed by atoms with E-state index in [1.165, 1.54) is 0 Å². The first-order chi connectivity index (χ1) is 9.12. The van der Waals surface area contributed by atoms with E-state index in [2.05, 4.69) is 25.8 Å². The van der Waals surface area contributed by atoms with Crippen molar-refractivity contribution in [2.75, 3.05) is 11.9 Å². The molecular weight excluding hydrogens is 248 g/mol. The molecule has 2 N–H and O–H groups in total. The molecule has 0 spiro atoms. The smallest absolute Gasteiger partial charge is 0.316 e. The highest BCUT2D eigenvalue weighted by Gasteiger charge is 2.15. The van der Waals surface area contributed by atoms with Gasteiger partial charge in [0, 0.05) is 0 Å². The Kier molecular flexibility index (Phi) is 5.35. The lowest BCUT2D eigenvalue weighted by atomic mass is 10.2. The molecule has 0 radical (unpaired) electrons. The summed E-state index contributed by atoms with van der Waals surface area (Å²) in [6.45, 7) is 3.60. The topological polar surface area (TPSA) is 121 Å². The van der Waals surface area contributed by atoms with Gasteiger partial charge in [0.05, 0.1) is 17.5 Å². The lowest BCUT2D eigenvalue weighted by molar-refractivity contribution is -0.136. The molecular formula is C11H14N6O2. The third kappa shape index (κ3) is 3.99. The van der Waals surface area contributed by atoms with Gasteiger partial charge in [-0.3, -0.25) is 14.9 Å². The third-order valence-electron chi connectivity index (χ3n) is 2.27. The van der Waals surface area contributed by atoms with E-state index in [0.717, 1.165) is 11.4 Å². The number of hydrogen-bond donors (Lipinski definition) is 2. The number of nitriles is 1. The van der Waals surface area contributed by atoms with Crippen molar-refractivity contribution in [1.82, 2.24) is 20.5 Å². The molecule has 0 aliphatic heterocycles. The van der Waals surface area contributed by atoms with Crippen molar-refractivity contribution in [2.45, 2.75) is 26.7 Å². The minimum atomic E-state index is -0.927. The first-order valence-electron chi connectivity index (χ1n) is 5.80. The summed E-state index contributed by atoms with van der Waals surface area (Å²) in [7, 11) is 0. The molecule has 1 heterocycles. The Morgan fingerprint density at radius 2 is 1.84 bits per heavy atom. The Morgan fingerprint density at radius 3 is 2.42 bits per heavy atom. The van der Waals surface area contributed by atoms with Gasteiger partial charge in [0.15, 0.2) is 0 Å². The van der Waals surface area contributed by atoms with Crippen molar-refractivity contribution in [3.8, 4) is 6.07 Å². The van der Waals surface area contributed by atoms with Crippen LogP contribution in [0.3, 0.4) is 0 Å². The molecule has 0 aliphatic rings. The van der Waals surface area contributed by atoms with Gasteiger partial charge in [0.2, 0.25) is 5.95 Å². The van der Waals surface area contributed by atoms with Gasteiger partial charge in [0.1, 0.15) is 6.54 Å². The highest BCUT2D eigenvalue weighted by atomic mass is 16.2. The largest absolute Gasteiger partial charge is 0.335 e. The maximum Gasteiger partial charge on any atom is 0.316 e. The van der Waals surface area contributed by atoms with Gasteiger partial charge < -0.3 is 5.32 Å². The number of nitrogens with one attached hydrogen (secondary N) is 2. The second-order valence-corrected chi connectivity index (χ2v) is 3.53. The summed E-state index contributed by atoms with van der Waals surface area (Å²) < 4.78 is 0. The van der Waals surface area contributed by atoms with Crippen molar-refractivity contribution < 1.29 is 9.59 Å². The minimum absolute atomic E-state index is 0.0221. The number of carbonyl (C=O) groups is 2. The van der Waals surface area contributed by atoms with Crippen LogP contribution in [-0.2, 0) is 22.4 Å². The fourth-order valence-electron chi connectivity index (χ4n) is 1.35. The van der Waals surface area contributed by atoms with E-state index in [4.69, 9.17) is 5.26 Å². The molecule has 2 amide bonds. The summed E-state index contributed by atoms with van der Waals surface area (Å²) in [6, 6.07) is 1.70. The van der Waals surface area contributed by atoms with Crippen molar-refractivity contribution in [2.24, 2.45) is 0 Å². The highest BCUT2D eigenvalue weighted by Crippen LogP contribution is 2.06. The summed E-state index contributed by atoms with van der Waals surface area (Å²) in [5.74, 6) is -1.86. The van der Waals surface area contributed by atoms with Crippen LogP contribution in [-0.4, -0.2) is 33.5 Å². The number of anilines is 1. The van der Waals surface area contributed by atoms with Crippen molar-refractivity contribution in [3.05, 3.63) is 11.4 Å². The van der Waals surface area contributed by atoms with Gasteiger partial charge >= 0.3 is 11.8 Å². The van der Waals surface area contributed by atoms with Crippen molar-refractivity contribution in [1.29, 1.82) is 5.26 Å². The average molecular weight is 262 g/mol. The standard InChI is InChI=1S/C11H14N6O2/c1-3-7-8(4-2)16-17-11(14-7)15-10(19)9(18)13-6-5-12/h3-4,6H2,1-2H3,(H,13,18)(H,14,15,17,19). The highest BCUT2D eigenvalue weighted by molar-refractivity contribution is 6.39. The molecule has 0 saturated carbocycles. The molecule has 0 fully saturated rings. The van der Waals surface area contributed by atoms with Crippen LogP contribution in [0.1, 0.15) is 25.2 Å². The lowest BCUT2D eigenvalue weighted by Gasteiger charge is -2.06. The van der Waals surface area contributed by atoms with Crippen molar-refractivity contribution >= 4 is 17.8 Å². The maximum absolute atomic E-state index is 11.4. The van der Waals surface area contributed by atoms with Crippen molar-refractivity contribution in [3.63, 3.8) is 0 Å². The monoisotopic (exact) mass is 262 g/mol. The molecule has 0 aromatic carbocycles. The molecule has 1 rings (SSSR count). The molecule has 19 heavy (non-hydrogen) atoms. The number of aryl methyl sites for hydroxylation is 2. The zero-order valence-corrected chi connectivity index (χ0v) is 10.7. The van der Waals surface area contributed by atoms with Gasteiger partial charge in [-0.15, -0.1) is 10.2 Å². The number of aromatic nitrogens is 3. The molecule has 0 saturated heterocycles. The van der Waals surface area contributed by atoms with Crippen LogP contribution < -0.4 is 10.6 Å². The number of rotatable bonds is 4. The van der Waals surface area contributed by atoms with Gasteiger partial charge in [-0.05, 0) is 12.8 Å². The molecule has 8 heteroatoms. The predicted octanol–water partition coefficient (Wildman–Crippen LogP) is -0.425. The SMILES string of the molecule is CCc1nnc(NC(=O)C(=O)NCC#N)nc1CC. The van der Waals surface area contributed by atoms with Gasteiger partial charge in [-0.2, -0.15) is 5.26 Å². The van der Waals surface area contributed by atoms with Gasteiger partial charge in [0.25, 0.3) is 0 Å². The van der Waals surface area contributed by atoms with E-state index in [1.54, 1.807) is 6.07 Å². The second-order valence-electron chi connectivity index (χ2n) is 3.53. The molecule has 1 aromatic rings. The minimum Gasteiger partial charge on any atom is -0.335 e. The summed E-state index contributed by atoms with van der Waals surface area (Å²) in [5.41, 5.74) is 1.49. The Hall–Kier alpha value is -2.56. The van der Waals surface area contributed by atoms with E-state index >= 15 is 0 Å². The molecule has 0 aliphatic carbocycles. The normalized spacial score (nSPS) is 9.53. The molecule has 0 atom stereocenters. The van der Waals surface area contributed by atoms with E-state index < -0.39 is 11.8 Å². The Balaban J connectivity index is 2.75. The summed E-state index contributed by atoms with van der Waals surface area (Å²) >= 11 is 0. The molecule has 8 nitrogen and oxygen atoms in total.